The van der Waals surface area contributed by atoms with Gasteiger partial charge in [-0.25, -0.2) is 0 Å². The minimum Gasteiger partial charge on any atom is -0.379 e. The fourth-order valence-corrected chi connectivity index (χ4v) is 4.81. The van der Waals surface area contributed by atoms with Crippen LogP contribution in [0.4, 0.5) is 13.2 Å². The Morgan fingerprint density at radius 1 is 1.03 bits per heavy atom. The second-order valence-corrected chi connectivity index (χ2v) is 9.18. The van der Waals surface area contributed by atoms with E-state index in [1.807, 2.05) is 6.07 Å². The molecule has 0 bridgehead atoms. The lowest BCUT2D eigenvalue weighted by molar-refractivity contribution is -0.137. The van der Waals surface area contributed by atoms with Crippen molar-refractivity contribution in [1.29, 1.82) is 0 Å². The van der Waals surface area contributed by atoms with Crippen molar-refractivity contribution in [2.24, 2.45) is 0 Å². The van der Waals surface area contributed by atoms with Gasteiger partial charge < -0.3 is 9.26 Å². The number of aryl methyl sites for hydroxylation is 1. The number of fused-ring (bicyclic) bond motifs is 1. The zero-order chi connectivity index (χ0) is 23.1. The van der Waals surface area contributed by atoms with Crippen LogP contribution in [0.1, 0.15) is 43.0 Å². The normalized spacial score (nSPS) is 15.4. The summed E-state index contributed by atoms with van der Waals surface area (Å²) >= 11 is 1.66. The second kappa shape index (κ2) is 11.3. The molecule has 1 saturated heterocycles. The van der Waals surface area contributed by atoms with Crippen molar-refractivity contribution < 1.29 is 22.4 Å². The van der Waals surface area contributed by atoms with Crippen LogP contribution in [0.25, 0.3) is 10.9 Å². The van der Waals surface area contributed by atoms with E-state index in [4.69, 9.17) is 9.26 Å². The van der Waals surface area contributed by atoms with E-state index in [9.17, 15) is 13.2 Å². The molecule has 0 amide bonds. The van der Waals surface area contributed by atoms with Crippen molar-refractivity contribution in [2.75, 3.05) is 32.1 Å². The summed E-state index contributed by atoms with van der Waals surface area (Å²) < 4.78 is 49.5. The number of pyridine rings is 1. The van der Waals surface area contributed by atoms with Crippen LogP contribution in [-0.2, 0) is 23.9 Å². The van der Waals surface area contributed by atoms with E-state index < -0.39 is 11.7 Å². The van der Waals surface area contributed by atoms with Crippen LogP contribution < -0.4 is 0 Å². The van der Waals surface area contributed by atoms with Crippen molar-refractivity contribution in [3.63, 3.8) is 0 Å². The number of hydrogen-bond donors (Lipinski definition) is 0. The van der Waals surface area contributed by atoms with Crippen LogP contribution >= 0.6 is 11.8 Å². The average molecular weight is 481 g/mol. The molecule has 33 heavy (non-hydrogen) atoms. The Morgan fingerprint density at radius 2 is 1.85 bits per heavy atom. The van der Waals surface area contributed by atoms with Crippen LogP contribution in [-0.4, -0.2) is 52.1 Å². The quantitative estimate of drug-likeness (QED) is 0.286. The molecule has 1 fully saturated rings. The van der Waals surface area contributed by atoms with E-state index in [0.29, 0.717) is 18.0 Å². The van der Waals surface area contributed by atoms with Crippen LogP contribution in [0.2, 0.25) is 0 Å². The molecule has 0 radical (unpaired) electrons. The maximum Gasteiger partial charge on any atom is 0.416 e. The highest BCUT2D eigenvalue weighted by molar-refractivity contribution is 7.99. The minimum atomic E-state index is -4.36. The zero-order valence-corrected chi connectivity index (χ0v) is 19.1. The SMILES string of the molecule is FC(F)(F)c1ccc2c(SCCCCCCc3nc(CN4CCOCC4)no3)ccnc2c1. The summed E-state index contributed by atoms with van der Waals surface area (Å²) in [5.74, 6) is 2.33. The van der Waals surface area contributed by atoms with Gasteiger partial charge in [0, 0.05) is 36.0 Å². The van der Waals surface area contributed by atoms with Crippen LogP contribution in [0.5, 0.6) is 0 Å². The molecule has 3 heterocycles. The summed E-state index contributed by atoms with van der Waals surface area (Å²) in [7, 11) is 0. The Kier molecular flexibility index (Phi) is 8.21. The van der Waals surface area contributed by atoms with Crippen LogP contribution in [0.3, 0.4) is 0 Å². The highest BCUT2D eigenvalue weighted by Gasteiger charge is 2.30. The molecule has 0 saturated carbocycles. The second-order valence-electron chi connectivity index (χ2n) is 8.04. The first kappa shape index (κ1) is 24.0. The van der Waals surface area contributed by atoms with E-state index in [1.165, 1.54) is 6.07 Å². The van der Waals surface area contributed by atoms with Gasteiger partial charge in [-0.3, -0.25) is 9.88 Å². The number of unbranched alkanes of at least 4 members (excludes halogenated alkanes) is 3. The highest BCUT2D eigenvalue weighted by atomic mass is 32.2. The molecule has 0 unspecified atom stereocenters. The van der Waals surface area contributed by atoms with Gasteiger partial charge in [-0.15, -0.1) is 11.8 Å². The fraction of sp³-hybridized carbons (Fsp3) is 0.522. The van der Waals surface area contributed by atoms with Crippen molar-refractivity contribution in [3.05, 3.63) is 47.7 Å². The molecule has 0 aliphatic carbocycles. The summed E-state index contributed by atoms with van der Waals surface area (Å²) in [6.45, 7) is 3.99. The molecule has 10 heteroatoms. The summed E-state index contributed by atoms with van der Waals surface area (Å²) in [4.78, 5) is 11.8. The molecule has 1 aliphatic heterocycles. The van der Waals surface area contributed by atoms with Gasteiger partial charge >= 0.3 is 6.18 Å². The summed E-state index contributed by atoms with van der Waals surface area (Å²) in [5, 5.41) is 4.84. The van der Waals surface area contributed by atoms with Gasteiger partial charge in [0.1, 0.15) is 0 Å². The highest BCUT2D eigenvalue weighted by Crippen LogP contribution is 2.34. The lowest BCUT2D eigenvalue weighted by Crippen LogP contribution is -2.35. The molecule has 1 aliphatic rings. The maximum atomic E-state index is 12.9. The van der Waals surface area contributed by atoms with Gasteiger partial charge in [0.2, 0.25) is 5.89 Å². The molecular formula is C23H27F3N4O2S. The number of aromatic nitrogens is 3. The number of nitrogens with zero attached hydrogens (tertiary/aromatic N) is 4. The third-order valence-electron chi connectivity index (χ3n) is 5.55. The molecule has 1 aromatic carbocycles. The summed E-state index contributed by atoms with van der Waals surface area (Å²) in [6.07, 6.45) is 2.15. The third kappa shape index (κ3) is 6.91. The molecule has 0 spiro atoms. The molecular weight excluding hydrogens is 453 g/mol. The fourth-order valence-electron chi connectivity index (χ4n) is 3.75. The molecule has 4 rings (SSSR count). The number of rotatable bonds is 10. The van der Waals surface area contributed by atoms with E-state index in [1.54, 1.807) is 18.0 Å². The van der Waals surface area contributed by atoms with Gasteiger partial charge in [-0.1, -0.05) is 24.1 Å². The predicted molar refractivity (Wildman–Crippen MR) is 120 cm³/mol. The molecule has 6 nitrogen and oxygen atoms in total. The number of hydrogen-bond acceptors (Lipinski definition) is 7. The monoisotopic (exact) mass is 480 g/mol. The maximum absolute atomic E-state index is 12.9. The van der Waals surface area contributed by atoms with E-state index in [0.717, 1.165) is 92.4 Å². The Balaban J connectivity index is 1.15. The molecule has 178 valence electrons. The summed E-state index contributed by atoms with van der Waals surface area (Å²) in [6, 6.07) is 5.62. The van der Waals surface area contributed by atoms with Crippen molar-refractivity contribution in [3.8, 4) is 0 Å². The molecule has 0 N–H and O–H groups in total. The average Bonchev–Trinajstić information content (AvgIpc) is 3.25. The Morgan fingerprint density at radius 3 is 2.67 bits per heavy atom. The van der Waals surface area contributed by atoms with Gasteiger partial charge in [0.25, 0.3) is 0 Å². The number of ether oxygens (including phenoxy) is 1. The number of thioether (sulfide) groups is 1. The van der Waals surface area contributed by atoms with Crippen LogP contribution in [0, 0.1) is 0 Å². The number of morpholine rings is 1. The standard InChI is InChI=1S/C23H27F3N4O2S/c24-23(25,26)17-6-7-18-19(15-17)27-9-8-20(18)33-14-4-2-1-3-5-22-28-21(29-32-22)16-30-10-12-31-13-11-30/h6-9,15H,1-5,10-14,16H2. The largest absolute Gasteiger partial charge is 0.416 e. The van der Waals surface area contributed by atoms with Gasteiger partial charge in [0.15, 0.2) is 5.82 Å². The first-order chi connectivity index (χ1) is 16.0. The number of benzene rings is 1. The Bertz CT molecular complexity index is 1040. The predicted octanol–water partition coefficient (Wildman–Crippen LogP) is 5.36. The summed E-state index contributed by atoms with van der Waals surface area (Å²) in [5.41, 5.74) is -0.290. The molecule has 2 aromatic heterocycles. The third-order valence-corrected chi connectivity index (χ3v) is 6.71. The van der Waals surface area contributed by atoms with E-state index >= 15 is 0 Å². The zero-order valence-electron chi connectivity index (χ0n) is 18.3. The number of alkyl halides is 3. The van der Waals surface area contributed by atoms with Crippen molar-refractivity contribution in [2.45, 2.75) is 49.7 Å². The molecule has 3 aromatic rings. The van der Waals surface area contributed by atoms with Gasteiger partial charge in [-0.2, -0.15) is 18.2 Å². The first-order valence-corrected chi connectivity index (χ1v) is 12.2. The molecule has 0 atom stereocenters. The first-order valence-electron chi connectivity index (χ1n) is 11.2. The van der Waals surface area contributed by atoms with Crippen molar-refractivity contribution in [1.82, 2.24) is 20.0 Å². The number of halogens is 3. The Hall–Kier alpha value is -2.17. The van der Waals surface area contributed by atoms with E-state index in [-0.39, 0.29) is 0 Å². The van der Waals surface area contributed by atoms with Crippen molar-refractivity contribution >= 4 is 22.7 Å². The van der Waals surface area contributed by atoms with Gasteiger partial charge in [-0.05, 0) is 36.8 Å². The smallest absolute Gasteiger partial charge is 0.379 e. The van der Waals surface area contributed by atoms with E-state index in [2.05, 4.69) is 20.0 Å². The lowest BCUT2D eigenvalue weighted by Gasteiger charge is -2.24. The van der Waals surface area contributed by atoms with Gasteiger partial charge in [0.05, 0.1) is 30.8 Å². The Labute approximate surface area is 194 Å². The minimum absolute atomic E-state index is 0.377. The lowest BCUT2D eigenvalue weighted by atomic mass is 10.1. The van der Waals surface area contributed by atoms with Crippen LogP contribution in [0.15, 0.2) is 39.9 Å². The topological polar surface area (TPSA) is 64.3 Å².